The van der Waals surface area contributed by atoms with Gasteiger partial charge in [-0.05, 0) is 13.3 Å². The lowest BCUT2D eigenvalue weighted by Gasteiger charge is -2.12. The molecule has 0 aliphatic rings. The Hall–Kier alpha value is -2.56. The van der Waals surface area contributed by atoms with E-state index >= 15 is 0 Å². The third kappa shape index (κ3) is 4.46. The van der Waals surface area contributed by atoms with Gasteiger partial charge in [-0.15, -0.1) is 0 Å². The van der Waals surface area contributed by atoms with Crippen molar-refractivity contribution in [3.63, 3.8) is 0 Å². The van der Waals surface area contributed by atoms with E-state index in [2.05, 4.69) is 9.72 Å². The number of benzene rings is 1. The van der Waals surface area contributed by atoms with E-state index in [0.717, 1.165) is 0 Å². The smallest absolute Gasteiger partial charge is 0.449 e. The number of imidazole rings is 1. The molecule has 0 atom stereocenters. The van der Waals surface area contributed by atoms with Gasteiger partial charge in [0.15, 0.2) is 5.82 Å². The summed E-state index contributed by atoms with van der Waals surface area (Å²) in [5, 5.41) is 1.30. The maximum Gasteiger partial charge on any atom is 0.449 e. The summed E-state index contributed by atoms with van der Waals surface area (Å²) in [5.41, 5.74) is -2.70. The van der Waals surface area contributed by atoms with Crippen LogP contribution in [0.4, 0.5) is 28.0 Å². The van der Waals surface area contributed by atoms with E-state index in [4.69, 9.17) is 16.3 Å². The Bertz CT molecular complexity index is 898. The third-order valence-electron chi connectivity index (χ3n) is 3.53. The van der Waals surface area contributed by atoms with Crippen LogP contribution in [0.1, 0.15) is 42.9 Å². The molecular weight excluding hydrogens is 410 g/mol. The zero-order chi connectivity index (χ0) is 21.1. The first-order chi connectivity index (χ1) is 13.1. The zero-order valence-electron chi connectivity index (χ0n) is 14.8. The lowest BCUT2D eigenvalue weighted by atomic mass is 10.1. The lowest BCUT2D eigenvalue weighted by Crippen LogP contribution is -2.17. The minimum atomic E-state index is -4.90. The summed E-state index contributed by atoms with van der Waals surface area (Å²) in [6.07, 6.45) is -4.87. The number of aromatic amines is 1. The molecule has 0 saturated carbocycles. The van der Waals surface area contributed by atoms with Gasteiger partial charge in [0.1, 0.15) is 16.8 Å². The second-order valence-corrected chi connectivity index (χ2v) is 5.90. The molecule has 154 valence electrons. The quantitative estimate of drug-likeness (QED) is 0.390. The number of H-pyrrole nitrogens is 1. The number of halogens is 5. The summed E-state index contributed by atoms with van der Waals surface area (Å²) in [4.78, 5) is 29.1. The number of alkyl halides is 3. The van der Waals surface area contributed by atoms with Crippen LogP contribution in [-0.4, -0.2) is 35.2 Å². The molecule has 0 bridgehead atoms. The number of anilines is 1. The van der Waals surface area contributed by atoms with E-state index in [1.54, 1.807) is 0 Å². The van der Waals surface area contributed by atoms with Gasteiger partial charge >= 0.3 is 18.2 Å². The van der Waals surface area contributed by atoms with Gasteiger partial charge in [0.05, 0.1) is 23.8 Å². The van der Waals surface area contributed by atoms with Crippen LogP contribution in [-0.2, 0) is 15.7 Å². The molecule has 1 aromatic heterocycles. The van der Waals surface area contributed by atoms with Crippen LogP contribution in [0.25, 0.3) is 11.0 Å². The van der Waals surface area contributed by atoms with Gasteiger partial charge in [-0.1, -0.05) is 24.9 Å². The van der Waals surface area contributed by atoms with E-state index in [0.29, 0.717) is 12.8 Å². The van der Waals surface area contributed by atoms with Crippen molar-refractivity contribution in [3.8, 4) is 0 Å². The number of nitrogens with one attached hydrogen (secondary N) is 2. The molecule has 2 rings (SSSR count). The number of ether oxygens (including phenoxy) is 2. The van der Waals surface area contributed by atoms with Crippen molar-refractivity contribution in [3.05, 3.63) is 22.2 Å². The maximum absolute atomic E-state index is 14.9. The monoisotopic (exact) mass is 425 g/mol. The molecule has 2 N–H and O–H groups in total. The number of carbonyl (C=O) groups is 2. The molecule has 0 unspecified atom stereocenters. The van der Waals surface area contributed by atoms with Crippen LogP contribution in [0, 0.1) is 5.82 Å². The van der Waals surface area contributed by atoms with E-state index in [9.17, 15) is 27.2 Å². The molecule has 0 fully saturated rings. The molecule has 0 saturated heterocycles. The summed E-state index contributed by atoms with van der Waals surface area (Å²) in [6.45, 7) is 3.18. The van der Waals surface area contributed by atoms with Crippen molar-refractivity contribution in [2.45, 2.75) is 32.9 Å². The highest BCUT2D eigenvalue weighted by molar-refractivity contribution is 6.38. The van der Waals surface area contributed by atoms with Gasteiger partial charge in [0.2, 0.25) is 5.82 Å². The largest absolute Gasteiger partial charge is 0.462 e. The molecule has 1 amide bonds. The van der Waals surface area contributed by atoms with Crippen LogP contribution < -0.4 is 5.32 Å². The number of carbonyl (C=O) groups excluding carboxylic acids is 2. The van der Waals surface area contributed by atoms with Gasteiger partial charge in [-0.25, -0.2) is 19.0 Å². The van der Waals surface area contributed by atoms with Crippen LogP contribution in [0.5, 0.6) is 0 Å². The van der Waals surface area contributed by atoms with Crippen molar-refractivity contribution < 1.29 is 36.6 Å². The summed E-state index contributed by atoms with van der Waals surface area (Å²) in [6, 6.07) is 0. The molecule has 0 radical (unpaired) electrons. The van der Waals surface area contributed by atoms with Gasteiger partial charge in [0, 0.05) is 0 Å². The Morgan fingerprint density at radius 2 is 1.93 bits per heavy atom. The second kappa shape index (κ2) is 8.63. The minimum absolute atomic E-state index is 0.0435. The highest BCUT2D eigenvalue weighted by Gasteiger charge is 2.37. The van der Waals surface area contributed by atoms with Crippen molar-refractivity contribution in [1.29, 1.82) is 0 Å². The summed E-state index contributed by atoms with van der Waals surface area (Å²) in [7, 11) is 0. The van der Waals surface area contributed by atoms with E-state index < -0.39 is 57.2 Å². The van der Waals surface area contributed by atoms with Crippen molar-refractivity contribution in [2.24, 2.45) is 0 Å². The average molecular weight is 426 g/mol. The van der Waals surface area contributed by atoms with Crippen LogP contribution in [0.3, 0.4) is 0 Å². The van der Waals surface area contributed by atoms with E-state index in [1.807, 2.05) is 17.2 Å². The summed E-state index contributed by atoms with van der Waals surface area (Å²) in [5.74, 6) is -4.04. The standard InChI is InChI=1S/C16H16ClF4N3O4/c1-3-5-6-28-13(25)7-8(17)10-12(23-14(22-10)16(19,20)21)11(9(7)18)24-15(26)27-4-2/h3-6H2,1-2H3,(H,22,23)(H,24,26). The van der Waals surface area contributed by atoms with Crippen LogP contribution >= 0.6 is 11.6 Å². The topological polar surface area (TPSA) is 93.3 Å². The molecule has 28 heavy (non-hydrogen) atoms. The normalized spacial score (nSPS) is 11.5. The van der Waals surface area contributed by atoms with Crippen molar-refractivity contribution in [2.75, 3.05) is 18.5 Å². The average Bonchev–Trinajstić information content (AvgIpc) is 3.05. The van der Waals surface area contributed by atoms with E-state index in [1.165, 1.54) is 6.92 Å². The molecule has 2 aromatic rings. The molecule has 12 heteroatoms. The highest BCUT2D eigenvalue weighted by atomic mass is 35.5. The number of fused-ring (bicyclic) bond motifs is 1. The van der Waals surface area contributed by atoms with Crippen molar-refractivity contribution in [1.82, 2.24) is 9.97 Å². The zero-order valence-corrected chi connectivity index (χ0v) is 15.6. The molecule has 0 aliphatic heterocycles. The van der Waals surface area contributed by atoms with E-state index in [-0.39, 0.29) is 13.2 Å². The Kier molecular flexibility index (Phi) is 6.70. The number of nitrogens with zero attached hydrogens (tertiary/aromatic N) is 1. The number of aromatic nitrogens is 2. The number of amides is 1. The van der Waals surface area contributed by atoms with Gasteiger partial charge in [-0.2, -0.15) is 13.2 Å². The Morgan fingerprint density at radius 3 is 2.50 bits per heavy atom. The fourth-order valence-corrected chi connectivity index (χ4v) is 2.54. The van der Waals surface area contributed by atoms with Gasteiger partial charge in [0.25, 0.3) is 0 Å². The molecule has 0 aliphatic carbocycles. The van der Waals surface area contributed by atoms with Crippen molar-refractivity contribution >= 4 is 40.4 Å². The number of esters is 1. The fraction of sp³-hybridized carbons (Fsp3) is 0.438. The Balaban J connectivity index is 2.66. The Labute approximate surface area is 161 Å². The molecule has 1 heterocycles. The first-order valence-corrected chi connectivity index (χ1v) is 8.58. The number of hydrogen-bond donors (Lipinski definition) is 2. The third-order valence-corrected chi connectivity index (χ3v) is 3.89. The second-order valence-electron chi connectivity index (χ2n) is 5.52. The van der Waals surface area contributed by atoms with Gasteiger partial charge in [-0.3, -0.25) is 5.32 Å². The number of unbranched alkanes of at least 4 members (excludes halogenated alkanes) is 1. The lowest BCUT2D eigenvalue weighted by molar-refractivity contribution is -0.144. The SMILES string of the molecule is CCCCOC(=O)c1c(F)c(NC(=O)OCC)c2[nH]c(C(F)(F)F)nc2c1Cl. The highest BCUT2D eigenvalue weighted by Crippen LogP contribution is 2.38. The predicted octanol–water partition coefficient (Wildman–Crippen LogP) is 4.90. The molecule has 1 aromatic carbocycles. The predicted molar refractivity (Wildman–Crippen MR) is 91.9 cm³/mol. The molecular formula is C16H16ClF4N3O4. The first-order valence-electron chi connectivity index (χ1n) is 8.20. The van der Waals surface area contributed by atoms with Crippen LogP contribution in [0.15, 0.2) is 0 Å². The minimum Gasteiger partial charge on any atom is -0.462 e. The number of rotatable bonds is 6. The molecule has 0 spiro atoms. The molecule has 7 nitrogen and oxygen atoms in total. The fourth-order valence-electron chi connectivity index (χ4n) is 2.24. The summed E-state index contributed by atoms with van der Waals surface area (Å²) >= 11 is 5.95. The first kappa shape index (κ1) is 21.7. The Morgan fingerprint density at radius 1 is 1.25 bits per heavy atom. The maximum atomic E-state index is 14.9. The van der Waals surface area contributed by atoms with Gasteiger partial charge < -0.3 is 14.5 Å². The van der Waals surface area contributed by atoms with Crippen LogP contribution in [0.2, 0.25) is 5.02 Å². The number of hydrogen-bond acceptors (Lipinski definition) is 5. The summed E-state index contributed by atoms with van der Waals surface area (Å²) < 4.78 is 63.5.